The van der Waals surface area contributed by atoms with Crippen molar-refractivity contribution in [3.05, 3.63) is 22.3 Å². The third kappa shape index (κ3) is 3.16. The molecular formula is C11H13Cl3N2O. The lowest BCUT2D eigenvalue weighted by Gasteiger charge is -2.37. The first-order chi connectivity index (χ1) is 8.15. The molecule has 0 saturated carbocycles. The first-order valence-electron chi connectivity index (χ1n) is 5.38. The monoisotopic (exact) mass is 294 g/mol. The first kappa shape index (κ1) is 13.2. The molecule has 0 bridgehead atoms. The minimum absolute atomic E-state index is 0.190. The highest BCUT2D eigenvalue weighted by Crippen LogP contribution is 2.30. The van der Waals surface area contributed by atoms with Crippen molar-refractivity contribution < 1.29 is 4.74 Å². The number of alkyl halides is 1. The number of aromatic nitrogens is 1. The van der Waals surface area contributed by atoms with Gasteiger partial charge < -0.3 is 10.1 Å². The highest BCUT2D eigenvalue weighted by Gasteiger charge is 2.32. The molecule has 0 aromatic carbocycles. The average Bonchev–Trinajstić information content (AvgIpc) is 2.34. The van der Waals surface area contributed by atoms with Gasteiger partial charge in [0.2, 0.25) is 0 Å². The van der Waals surface area contributed by atoms with Gasteiger partial charge in [-0.3, -0.25) is 0 Å². The van der Waals surface area contributed by atoms with Gasteiger partial charge >= 0.3 is 0 Å². The van der Waals surface area contributed by atoms with Crippen LogP contribution < -0.4 is 5.32 Å². The summed E-state index contributed by atoms with van der Waals surface area (Å²) in [6, 6.07) is 1.67. The Morgan fingerprint density at radius 1 is 1.35 bits per heavy atom. The largest absolute Gasteiger partial charge is 0.381 e. The zero-order chi connectivity index (χ0) is 12.3. The lowest BCUT2D eigenvalue weighted by Crippen LogP contribution is -2.45. The van der Waals surface area contributed by atoms with Crippen molar-refractivity contribution in [2.45, 2.75) is 18.4 Å². The van der Waals surface area contributed by atoms with Gasteiger partial charge in [0.1, 0.15) is 5.82 Å². The van der Waals surface area contributed by atoms with Crippen molar-refractivity contribution in [1.29, 1.82) is 0 Å². The van der Waals surface area contributed by atoms with Crippen LogP contribution in [0.4, 0.5) is 5.82 Å². The van der Waals surface area contributed by atoms with E-state index in [0.717, 1.165) is 12.8 Å². The van der Waals surface area contributed by atoms with Crippen molar-refractivity contribution >= 4 is 40.6 Å². The summed E-state index contributed by atoms with van der Waals surface area (Å²) in [5.74, 6) is 1.12. The van der Waals surface area contributed by atoms with E-state index in [0.29, 0.717) is 35.0 Å². The highest BCUT2D eigenvalue weighted by atomic mass is 35.5. The van der Waals surface area contributed by atoms with Crippen LogP contribution in [0.15, 0.2) is 12.3 Å². The van der Waals surface area contributed by atoms with E-state index >= 15 is 0 Å². The van der Waals surface area contributed by atoms with Gasteiger partial charge in [-0.2, -0.15) is 0 Å². The van der Waals surface area contributed by atoms with Crippen molar-refractivity contribution in [2.75, 3.05) is 24.4 Å². The van der Waals surface area contributed by atoms with E-state index in [2.05, 4.69) is 10.3 Å². The second kappa shape index (κ2) is 5.61. The number of halogens is 3. The Morgan fingerprint density at radius 2 is 2.06 bits per heavy atom. The smallest absolute Gasteiger partial charge is 0.145 e. The fourth-order valence-corrected chi connectivity index (χ4v) is 2.57. The molecule has 1 aromatic rings. The first-order valence-corrected chi connectivity index (χ1v) is 6.67. The molecule has 1 fully saturated rings. The Kier molecular flexibility index (Phi) is 4.36. The van der Waals surface area contributed by atoms with Gasteiger partial charge in [0.25, 0.3) is 0 Å². The normalized spacial score (nSPS) is 19.0. The zero-order valence-corrected chi connectivity index (χ0v) is 11.4. The van der Waals surface area contributed by atoms with Crippen LogP contribution in [0, 0.1) is 0 Å². The number of nitrogens with zero attached hydrogens (tertiary/aromatic N) is 1. The average molecular weight is 296 g/mol. The molecule has 1 aromatic heterocycles. The van der Waals surface area contributed by atoms with Crippen molar-refractivity contribution in [1.82, 2.24) is 4.98 Å². The molecule has 0 unspecified atom stereocenters. The van der Waals surface area contributed by atoms with Gasteiger partial charge in [-0.15, -0.1) is 11.6 Å². The Balaban J connectivity index is 2.17. The van der Waals surface area contributed by atoms with Crippen molar-refractivity contribution in [2.24, 2.45) is 0 Å². The number of hydrogen-bond donors (Lipinski definition) is 1. The van der Waals surface area contributed by atoms with E-state index in [1.54, 1.807) is 12.3 Å². The maximum Gasteiger partial charge on any atom is 0.145 e. The second-order valence-electron chi connectivity index (χ2n) is 4.14. The van der Waals surface area contributed by atoms with E-state index in [1.165, 1.54) is 0 Å². The van der Waals surface area contributed by atoms with Gasteiger partial charge in [-0.25, -0.2) is 4.98 Å². The SMILES string of the molecule is ClCC1(Nc2ncc(Cl)cc2Cl)CCOCC1. The number of anilines is 1. The number of pyridine rings is 1. The third-order valence-electron chi connectivity index (χ3n) is 2.90. The summed E-state index contributed by atoms with van der Waals surface area (Å²) in [7, 11) is 0. The molecule has 0 radical (unpaired) electrons. The molecule has 0 spiro atoms. The number of hydrogen-bond acceptors (Lipinski definition) is 3. The van der Waals surface area contributed by atoms with Gasteiger partial charge in [-0.1, -0.05) is 23.2 Å². The summed E-state index contributed by atoms with van der Waals surface area (Å²) in [6.45, 7) is 1.40. The molecule has 3 nitrogen and oxygen atoms in total. The fraction of sp³-hybridized carbons (Fsp3) is 0.545. The maximum absolute atomic E-state index is 6.08. The molecule has 2 heterocycles. The molecule has 2 rings (SSSR count). The predicted octanol–water partition coefficient (Wildman–Crippen LogP) is 3.59. The summed E-state index contributed by atoms with van der Waals surface area (Å²) >= 11 is 17.9. The molecule has 1 N–H and O–H groups in total. The molecule has 0 atom stereocenters. The van der Waals surface area contributed by atoms with Crippen LogP contribution in [0.2, 0.25) is 10.0 Å². The van der Waals surface area contributed by atoms with Crippen LogP contribution in [0.25, 0.3) is 0 Å². The Labute approximate surface area is 115 Å². The lowest BCUT2D eigenvalue weighted by molar-refractivity contribution is 0.0667. The third-order valence-corrected chi connectivity index (χ3v) is 3.90. The summed E-state index contributed by atoms with van der Waals surface area (Å²) in [5, 5.41) is 4.35. The van der Waals surface area contributed by atoms with Gasteiger partial charge in [0, 0.05) is 25.3 Å². The Morgan fingerprint density at radius 3 is 2.65 bits per heavy atom. The highest BCUT2D eigenvalue weighted by molar-refractivity contribution is 6.36. The van der Waals surface area contributed by atoms with Crippen LogP contribution in [0.5, 0.6) is 0 Å². The molecule has 94 valence electrons. The van der Waals surface area contributed by atoms with E-state index in [9.17, 15) is 0 Å². The molecule has 0 aliphatic carbocycles. The predicted molar refractivity (Wildman–Crippen MR) is 71.4 cm³/mol. The van der Waals surface area contributed by atoms with Crippen molar-refractivity contribution in [3.8, 4) is 0 Å². The standard InChI is InChI=1S/C11H13Cl3N2O/c12-7-11(1-3-17-4-2-11)16-10-9(14)5-8(13)6-15-10/h5-6H,1-4,7H2,(H,15,16). The summed E-state index contributed by atoms with van der Waals surface area (Å²) in [6.07, 6.45) is 3.26. The number of nitrogens with one attached hydrogen (secondary N) is 1. The summed E-state index contributed by atoms with van der Waals surface area (Å²) < 4.78 is 5.34. The topological polar surface area (TPSA) is 34.2 Å². The van der Waals surface area contributed by atoms with Crippen LogP contribution >= 0.6 is 34.8 Å². The van der Waals surface area contributed by atoms with Crippen LogP contribution in [0.1, 0.15) is 12.8 Å². The van der Waals surface area contributed by atoms with Crippen LogP contribution in [0.3, 0.4) is 0 Å². The summed E-state index contributed by atoms with van der Waals surface area (Å²) in [5.41, 5.74) is -0.190. The minimum atomic E-state index is -0.190. The summed E-state index contributed by atoms with van der Waals surface area (Å²) in [4.78, 5) is 4.19. The zero-order valence-electron chi connectivity index (χ0n) is 9.18. The molecule has 1 saturated heterocycles. The molecule has 0 amide bonds. The molecule has 6 heteroatoms. The van der Waals surface area contributed by atoms with Crippen LogP contribution in [-0.4, -0.2) is 29.6 Å². The molecule has 1 aliphatic rings. The van der Waals surface area contributed by atoms with E-state index < -0.39 is 0 Å². The number of ether oxygens (including phenoxy) is 1. The minimum Gasteiger partial charge on any atom is -0.381 e. The van der Waals surface area contributed by atoms with Crippen molar-refractivity contribution in [3.63, 3.8) is 0 Å². The van der Waals surface area contributed by atoms with Gasteiger partial charge in [-0.05, 0) is 18.9 Å². The fourth-order valence-electron chi connectivity index (χ4n) is 1.81. The van der Waals surface area contributed by atoms with Gasteiger partial charge in [0.15, 0.2) is 0 Å². The number of rotatable bonds is 3. The molecule has 1 aliphatic heterocycles. The lowest BCUT2D eigenvalue weighted by atomic mass is 9.92. The maximum atomic E-state index is 6.08. The van der Waals surface area contributed by atoms with Crippen LogP contribution in [-0.2, 0) is 4.74 Å². The molecular weight excluding hydrogens is 282 g/mol. The Bertz CT molecular complexity index is 394. The van der Waals surface area contributed by atoms with E-state index in [-0.39, 0.29) is 5.54 Å². The van der Waals surface area contributed by atoms with Gasteiger partial charge in [0.05, 0.1) is 15.6 Å². The Hall–Kier alpha value is -0.220. The van der Waals surface area contributed by atoms with E-state index in [1.807, 2.05) is 0 Å². The van der Waals surface area contributed by atoms with E-state index in [4.69, 9.17) is 39.5 Å². The molecule has 17 heavy (non-hydrogen) atoms. The quantitative estimate of drug-likeness (QED) is 0.865. The second-order valence-corrected chi connectivity index (χ2v) is 5.25.